The van der Waals surface area contributed by atoms with Gasteiger partial charge in [-0.3, -0.25) is 14.6 Å². The Hall–Kier alpha value is -4.06. The maximum atomic E-state index is 13.2. The number of ether oxygens (including phenoxy) is 1. The minimum Gasteiger partial charge on any atom is -0.497 e. The number of nitrogens with zero attached hydrogens (tertiary/aromatic N) is 3. The summed E-state index contributed by atoms with van der Waals surface area (Å²) in [6.07, 6.45) is 2.94. The highest BCUT2D eigenvalue weighted by Gasteiger charge is 2.43. The van der Waals surface area contributed by atoms with Gasteiger partial charge >= 0.3 is 11.5 Å². The van der Waals surface area contributed by atoms with E-state index < -0.39 is 29.4 Å². The Morgan fingerprint density at radius 1 is 1.08 bits per heavy atom. The molecule has 1 N–H and O–H groups in total. The molecule has 1 unspecified atom stereocenters. The summed E-state index contributed by atoms with van der Waals surface area (Å²) in [6.45, 7) is 1.55. The van der Waals surface area contributed by atoms with Gasteiger partial charge in [-0.2, -0.15) is 13.2 Å². The number of alkyl halides is 3. The molecule has 3 aromatic rings. The number of amides is 4. The molecule has 2 heterocycles. The number of halogens is 3. The van der Waals surface area contributed by atoms with Gasteiger partial charge in [0.15, 0.2) is 0 Å². The Morgan fingerprint density at radius 2 is 1.76 bits per heavy atom. The van der Waals surface area contributed by atoms with Crippen LogP contribution in [-0.2, 0) is 11.3 Å². The first kappa shape index (κ1) is 26.0. The fraction of sp³-hybridized carbons (Fsp3) is 0.200. The average molecular weight is 531 g/mol. The molecule has 4 amide bonds. The molecule has 8 nitrogen and oxygen atoms in total. The molecule has 0 bridgehead atoms. The molecule has 0 aliphatic carbocycles. The largest absolute Gasteiger partial charge is 0.497 e. The van der Waals surface area contributed by atoms with Crippen molar-refractivity contribution in [3.8, 4) is 5.75 Å². The minimum absolute atomic E-state index is 0.00893. The van der Waals surface area contributed by atoms with Gasteiger partial charge < -0.3 is 15.0 Å². The van der Waals surface area contributed by atoms with Crippen molar-refractivity contribution in [1.29, 1.82) is 0 Å². The zero-order valence-electron chi connectivity index (χ0n) is 19.7. The Balaban J connectivity index is 1.51. The lowest BCUT2D eigenvalue weighted by Gasteiger charge is -2.21. The zero-order chi connectivity index (χ0) is 26.7. The van der Waals surface area contributed by atoms with Crippen molar-refractivity contribution in [3.05, 3.63) is 78.1 Å². The number of pyridine rings is 1. The van der Waals surface area contributed by atoms with Crippen LogP contribution in [0.4, 0.5) is 29.3 Å². The molecule has 0 spiro atoms. The number of urea groups is 1. The second kappa shape index (κ2) is 10.5. The molecule has 4 rings (SSSR count). The van der Waals surface area contributed by atoms with Gasteiger partial charge in [0.2, 0.25) is 0 Å². The van der Waals surface area contributed by atoms with Crippen molar-refractivity contribution < 1.29 is 32.3 Å². The molecule has 37 heavy (non-hydrogen) atoms. The van der Waals surface area contributed by atoms with Gasteiger partial charge in [-0.05, 0) is 78.8 Å². The van der Waals surface area contributed by atoms with E-state index >= 15 is 0 Å². The Bertz CT molecular complexity index is 1320. The van der Waals surface area contributed by atoms with Crippen LogP contribution in [0.15, 0.2) is 71.9 Å². The van der Waals surface area contributed by atoms with Gasteiger partial charge in [-0.15, -0.1) is 0 Å². The number of nitrogens with one attached hydrogen (secondary N) is 1. The van der Waals surface area contributed by atoms with Crippen LogP contribution < -0.4 is 15.0 Å². The molecule has 12 heteroatoms. The smallest absolute Gasteiger partial charge is 0.446 e. The predicted molar refractivity (Wildman–Crippen MR) is 131 cm³/mol. The van der Waals surface area contributed by atoms with E-state index in [1.807, 2.05) is 0 Å². The van der Waals surface area contributed by atoms with E-state index in [0.717, 1.165) is 4.90 Å². The number of carbonyl (C=O) groups is 3. The molecule has 1 saturated heterocycles. The topological polar surface area (TPSA) is 91.8 Å². The van der Waals surface area contributed by atoms with E-state index in [0.29, 0.717) is 22.6 Å². The number of anilines is 2. The van der Waals surface area contributed by atoms with Crippen molar-refractivity contribution >= 4 is 41.0 Å². The summed E-state index contributed by atoms with van der Waals surface area (Å²) in [5, 5.41) is 2.77. The third-order valence-electron chi connectivity index (χ3n) is 5.66. The SMILES string of the molecule is COc1ccc(C(=O)Nc2cnccc2CN2C(=O)N(c3ccc(SC(F)(F)F)cc3)C(=O)C2C)cc1. The highest BCUT2D eigenvalue weighted by Crippen LogP contribution is 2.38. The molecular weight excluding hydrogens is 509 g/mol. The Kier molecular flexibility index (Phi) is 7.39. The summed E-state index contributed by atoms with van der Waals surface area (Å²) < 4.78 is 43.0. The number of hydrogen-bond acceptors (Lipinski definition) is 6. The number of methoxy groups -OCH3 is 1. The average Bonchev–Trinajstić information content (AvgIpc) is 3.07. The van der Waals surface area contributed by atoms with Crippen molar-refractivity contribution in [2.75, 3.05) is 17.3 Å². The van der Waals surface area contributed by atoms with Crippen molar-refractivity contribution in [1.82, 2.24) is 9.88 Å². The van der Waals surface area contributed by atoms with Crippen LogP contribution in [0.1, 0.15) is 22.8 Å². The molecule has 2 aromatic carbocycles. The quantitative estimate of drug-likeness (QED) is 0.329. The number of thioether (sulfide) groups is 1. The van der Waals surface area contributed by atoms with Crippen LogP contribution in [0, 0.1) is 0 Å². The summed E-state index contributed by atoms with van der Waals surface area (Å²) in [6, 6.07) is 11.7. The lowest BCUT2D eigenvalue weighted by Crippen LogP contribution is -2.33. The fourth-order valence-corrected chi connectivity index (χ4v) is 4.28. The van der Waals surface area contributed by atoms with Crippen LogP contribution in [0.2, 0.25) is 0 Å². The van der Waals surface area contributed by atoms with Crippen molar-refractivity contribution in [2.24, 2.45) is 0 Å². The first-order valence-electron chi connectivity index (χ1n) is 11.0. The number of rotatable bonds is 7. The first-order valence-corrected chi connectivity index (χ1v) is 11.8. The standard InChI is InChI=1S/C25H21F3N4O4S/c1-15-23(34)32(18-5-9-20(10-6-18)37-25(26,27)28)24(35)31(15)14-17-11-12-29-13-21(17)30-22(33)16-3-7-19(36-2)8-4-16/h3-13,15H,14H2,1-2H3,(H,30,33). The number of imide groups is 1. The van der Waals surface area contributed by atoms with E-state index in [2.05, 4.69) is 10.3 Å². The van der Waals surface area contributed by atoms with Crippen molar-refractivity contribution in [3.63, 3.8) is 0 Å². The number of benzene rings is 2. The summed E-state index contributed by atoms with van der Waals surface area (Å²) in [7, 11) is 1.52. The van der Waals surface area contributed by atoms with Gasteiger partial charge in [0.05, 0.1) is 31.2 Å². The third-order valence-corrected chi connectivity index (χ3v) is 6.40. The second-order valence-electron chi connectivity index (χ2n) is 8.02. The fourth-order valence-electron chi connectivity index (χ4n) is 3.74. The van der Waals surface area contributed by atoms with Crippen LogP contribution in [0.3, 0.4) is 0 Å². The lowest BCUT2D eigenvalue weighted by molar-refractivity contribution is -0.119. The first-order chi connectivity index (χ1) is 17.6. The number of carbonyl (C=O) groups excluding carboxylic acids is 3. The van der Waals surface area contributed by atoms with E-state index in [9.17, 15) is 27.6 Å². The molecule has 1 aliphatic heterocycles. The lowest BCUT2D eigenvalue weighted by atomic mass is 10.1. The number of aromatic nitrogens is 1. The van der Waals surface area contributed by atoms with Gasteiger partial charge in [0.25, 0.3) is 11.8 Å². The third kappa shape index (κ3) is 5.85. The normalized spacial score (nSPS) is 15.8. The van der Waals surface area contributed by atoms with Gasteiger partial charge in [-0.25, -0.2) is 9.69 Å². The molecule has 1 aliphatic rings. The molecular formula is C25H21F3N4O4S. The highest BCUT2D eigenvalue weighted by atomic mass is 32.2. The van der Waals surface area contributed by atoms with Crippen LogP contribution >= 0.6 is 11.8 Å². The maximum absolute atomic E-state index is 13.2. The van der Waals surface area contributed by atoms with E-state index in [-0.39, 0.29) is 28.9 Å². The zero-order valence-corrected chi connectivity index (χ0v) is 20.5. The predicted octanol–water partition coefficient (Wildman–Crippen LogP) is 5.31. The van der Waals surface area contributed by atoms with Crippen LogP contribution in [0.5, 0.6) is 5.75 Å². The van der Waals surface area contributed by atoms with Gasteiger partial charge in [0, 0.05) is 16.7 Å². The Morgan fingerprint density at radius 3 is 2.38 bits per heavy atom. The molecule has 1 atom stereocenters. The van der Waals surface area contributed by atoms with Crippen molar-refractivity contribution in [2.45, 2.75) is 29.9 Å². The molecule has 0 saturated carbocycles. The Labute approximate surface area is 214 Å². The van der Waals surface area contributed by atoms with E-state index in [1.165, 1.54) is 48.7 Å². The second-order valence-corrected chi connectivity index (χ2v) is 9.16. The summed E-state index contributed by atoms with van der Waals surface area (Å²) in [5.74, 6) is -0.311. The van der Waals surface area contributed by atoms with Crippen LogP contribution in [0.25, 0.3) is 0 Å². The van der Waals surface area contributed by atoms with Crippen LogP contribution in [-0.4, -0.2) is 46.4 Å². The summed E-state index contributed by atoms with van der Waals surface area (Å²) in [4.78, 5) is 45.1. The summed E-state index contributed by atoms with van der Waals surface area (Å²) >= 11 is -0.282. The monoisotopic (exact) mass is 530 g/mol. The van der Waals surface area contributed by atoms with Gasteiger partial charge in [-0.1, -0.05) is 0 Å². The molecule has 1 aromatic heterocycles. The molecule has 192 valence electrons. The molecule has 1 fully saturated rings. The highest BCUT2D eigenvalue weighted by molar-refractivity contribution is 8.00. The van der Waals surface area contributed by atoms with E-state index in [4.69, 9.17) is 4.74 Å². The number of hydrogen-bond donors (Lipinski definition) is 1. The summed E-state index contributed by atoms with van der Waals surface area (Å²) in [5.41, 5.74) is -2.99. The molecule has 0 radical (unpaired) electrons. The van der Waals surface area contributed by atoms with E-state index in [1.54, 1.807) is 37.3 Å². The van der Waals surface area contributed by atoms with Gasteiger partial charge in [0.1, 0.15) is 11.8 Å². The maximum Gasteiger partial charge on any atom is 0.446 e. The minimum atomic E-state index is -4.45.